The number of rotatable bonds is 8. The minimum Gasteiger partial charge on any atom is -0.384 e. The van der Waals surface area contributed by atoms with Crippen LogP contribution in [-0.4, -0.2) is 27.4 Å². The molecule has 0 heterocycles. The van der Waals surface area contributed by atoms with Gasteiger partial charge in [-0.05, 0) is 18.8 Å². The Labute approximate surface area is 94.3 Å². The molecule has 0 aliphatic heterocycles. The molecule has 0 radical (unpaired) electrons. The monoisotopic (exact) mass is 214 g/mol. The molecule has 0 spiro atoms. The number of hydrogen-bond acceptors (Lipinski definition) is 2. The van der Waals surface area contributed by atoms with Crippen LogP contribution in [0.4, 0.5) is 0 Å². The maximum absolute atomic E-state index is 5.30. The van der Waals surface area contributed by atoms with Crippen LogP contribution in [0, 0.1) is 11.3 Å². The summed E-state index contributed by atoms with van der Waals surface area (Å²) in [7, 11) is 3.59. The van der Waals surface area contributed by atoms with Crippen molar-refractivity contribution in [3.63, 3.8) is 0 Å². The molecule has 1 aliphatic carbocycles. The fourth-order valence-electron chi connectivity index (χ4n) is 2.94. The quantitative estimate of drug-likeness (QED) is 0.577. The zero-order valence-corrected chi connectivity index (χ0v) is 10.6. The van der Waals surface area contributed by atoms with Crippen LogP contribution in [0.3, 0.4) is 0 Å². The van der Waals surface area contributed by atoms with Gasteiger partial charge >= 0.3 is 0 Å². The second-order valence-corrected chi connectivity index (χ2v) is 5.14. The highest BCUT2D eigenvalue weighted by molar-refractivity contribution is 4.93. The Balaban J connectivity index is 2.18. The van der Waals surface area contributed by atoms with Crippen LogP contribution < -0.4 is 0 Å². The van der Waals surface area contributed by atoms with E-state index in [4.69, 9.17) is 9.47 Å². The van der Waals surface area contributed by atoms with Crippen LogP contribution in [0.2, 0.25) is 0 Å². The molecular formula is C13H26O2. The number of methoxy groups -OCH3 is 2. The first-order valence-electron chi connectivity index (χ1n) is 6.24. The summed E-state index contributed by atoms with van der Waals surface area (Å²) in [5, 5.41) is 0. The van der Waals surface area contributed by atoms with Gasteiger partial charge < -0.3 is 9.47 Å². The van der Waals surface area contributed by atoms with E-state index in [1.54, 1.807) is 14.2 Å². The Morgan fingerprint density at radius 1 is 1.07 bits per heavy atom. The lowest BCUT2D eigenvalue weighted by atomic mass is 9.61. The molecule has 1 aliphatic rings. The number of ether oxygens (including phenoxy) is 2. The number of hydrogen-bond donors (Lipinski definition) is 0. The SMILES string of the molecule is CCCCCC1CC(COC)(COC)C1. The van der Waals surface area contributed by atoms with Crippen LogP contribution in [-0.2, 0) is 9.47 Å². The maximum atomic E-state index is 5.30. The van der Waals surface area contributed by atoms with Gasteiger partial charge in [-0.2, -0.15) is 0 Å². The molecule has 2 nitrogen and oxygen atoms in total. The van der Waals surface area contributed by atoms with Crippen molar-refractivity contribution in [3.05, 3.63) is 0 Å². The van der Waals surface area contributed by atoms with Crippen molar-refractivity contribution < 1.29 is 9.47 Å². The third-order valence-corrected chi connectivity index (χ3v) is 3.56. The van der Waals surface area contributed by atoms with E-state index in [-0.39, 0.29) is 0 Å². The van der Waals surface area contributed by atoms with E-state index < -0.39 is 0 Å². The molecule has 15 heavy (non-hydrogen) atoms. The van der Waals surface area contributed by atoms with Crippen LogP contribution in [0.1, 0.15) is 45.4 Å². The van der Waals surface area contributed by atoms with Crippen molar-refractivity contribution in [2.75, 3.05) is 27.4 Å². The van der Waals surface area contributed by atoms with E-state index in [0.717, 1.165) is 19.1 Å². The van der Waals surface area contributed by atoms with Crippen molar-refractivity contribution in [1.82, 2.24) is 0 Å². The van der Waals surface area contributed by atoms with Gasteiger partial charge in [0.05, 0.1) is 13.2 Å². The minimum atomic E-state index is 0.348. The lowest BCUT2D eigenvalue weighted by molar-refractivity contribution is -0.0752. The van der Waals surface area contributed by atoms with Crippen LogP contribution >= 0.6 is 0 Å². The summed E-state index contributed by atoms with van der Waals surface area (Å²) in [6.07, 6.45) is 8.13. The van der Waals surface area contributed by atoms with E-state index in [1.807, 2.05) is 0 Å². The maximum Gasteiger partial charge on any atom is 0.0540 e. The van der Waals surface area contributed by atoms with Gasteiger partial charge in [-0.1, -0.05) is 32.6 Å². The van der Waals surface area contributed by atoms with Crippen LogP contribution in [0.5, 0.6) is 0 Å². The Hall–Kier alpha value is -0.0800. The molecule has 0 aromatic carbocycles. The Morgan fingerprint density at radius 2 is 1.67 bits per heavy atom. The lowest BCUT2D eigenvalue weighted by Crippen LogP contribution is -2.44. The third-order valence-electron chi connectivity index (χ3n) is 3.56. The highest BCUT2D eigenvalue weighted by Crippen LogP contribution is 2.48. The molecule has 0 N–H and O–H groups in total. The Morgan fingerprint density at radius 3 is 2.13 bits per heavy atom. The zero-order valence-electron chi connectivity index (χ0n) is 10.6. The van der Waals surface area contributed by atoms with Crippen molar-refractivity contribution in [2.45, 2.75) is 45.4 Å². The Kier molecular flexibility index (Phi) is 5.62. The van der Waals surface area contributed by atoms with Gasteiger partial charge in [0.2, 0.25) is 0 Å². The molecule has 0 saturated heterocycles. The van der Waals surface area contributed by atoms with Crippen LogP contribution in [0.25, 0.3) is 0 Å². The fourth-order valence-corrected chi connectivity index (χ4v) is 2.94. The molecule has 0 atom stereocenters. The van der Waals surface area contributed by atoms with E-state index in [9.17, 15) is 0 Å². The summed E-state index contributed by atoms with van der Waals surface area (Å²) in [6, 6.07) is 0. The van der Waals surface area contributed by atoms with Crippen molar-refractivity contribution in [1.29, 1.82) is 0 Å². The van der Waals surface area contributed by atoms with Crippen molar-refractivity contribution >= 4 is 0 Å². The van der Waals surface area contributed by atoms with E-state index in [0.29, 0.717) is 5.41 Å². The highest BCUT2D eigenvalue weighted by Gasteiger charge is 2.43. The van der Waals surface area contributed by atoms with Gasteiger partial charge in [0.1, 0.15) is 0 Å². The topological polar surface area (TPSA) is 18.5 Å². The second-order valence-electron chi connectivity index (χ2n) is 5.14. The minimum absolute atomic E-state index is 0.348. The van der Waals surface area contributed by atoms with Gasteiger partial charge in [0.15, 0.2) is 0 Å². The third kappa shape index (κ3) is 3.76. The zero-order chi connectivity index (χ0) is 11.1. The molecule has 0 aromatic rings. The normalized spacial score (nSPS) is 20.2. The van der Waals surface area contributed by atoms with Crippen molar-refractivity contribution in [3.8, 4) is 0 Å². The summed E-state index contributed by atoms with van der Waals surface area (Å²) in [5.74, 6) is 0.932. The fraction of sp³-hybridized carbons (Fsp3) is 1.00. The Bertz CT molecular complexity index is 154. The molecule has 90 valence electrons. The smallest absolute Gasteiger partial charge is 0.0540 e. The second kappa shape index (κ2) is 6.49. The molecule has 0 aromatic heterocycles. The van der Waals surface area contributed by atoms with Gasteiger partial charge in [-0.3, -0.25) is 0 Å². The molecule has 0 amide bonds. The molecule has 1 rings (SSSR count). The van der Waals surface area contributed by atoms with Gasteiger partial charge in [-0.15, -0.1) is 0 Å². The van der Waals surface area contributed by atoms with Crippen molar-refractivity contribution in [2.24, 2.45) is 11.3 Å². The first-order chi connectivity index (χ1) is 7.26. The molecule has 1 fully saturated rings. The van der Waals surface area contributed by atoms with Gasteiger partial charge in [-0.25, -0.2) is 0 Å². The largest absolute Gasteiger partial charge is 0.384 e. The lowest BCUT2D eigenvalue weighted by Gasteiger charge is -2.47. The molecular weight excluding hydrogens is 188 g/mol. The summed E-state index contributed by atoms with van der Waals surface area (Å²) in [6.45, 7) is 4.00. The first kappa shape index (κ1) is 13.0. The number of unbranched alkanes of at least 4 members (excludes halogenated alkanes) is 2. The highest BCUT2D eigenvalue weighted by atomic mass is 16.5. The summed E-state index contributed by atoms with van der Waals surface area (Å²) < 4.78 is 10.6. The average molecular weight is 214 g/mol. The molecule has 2 heteroatoms. The average Bonchev–Trinajstić information content (AvgIpc) is 2.16. The van der Waals surface area contributed by atoms with Gasteiger partial charge in [0.25, 0.3) is 0 Å². The molecule has 0 unspecified atom stereocenters. The van der Waals surface area contributed by atoms with E-state index in [2.05, 4.69) is 6.92 Å². The summed E-state index contributed by atoms with van der Waals surface area (Å²) in [5.41, 5.74) is 0.348. The summed E-state index contributed by atoms with van der Waals surface area (Å²) in [4.78, 5) is 0. The molecule has 1 saturated carbocycles. The standard InChI is InChI=1S/C13H26O2/c1-4-5-6-7-12-8-13(9-12,10-14-2)11-15-3/h12H,4-11H2,1-3H3. The van der Waals surface area contributed by atoms with E-state index >= 15 is 0 Å². The predicted octanol–water partition coefficient (Wildman–Crippen LogP) is 3.26. The van der Waals surface area contributed by atoms with Crippen LogP contribution in [0.15, 0.2) is 0 Å². The van der Waals surface area contributed by atoms with E-state index in [1.165, 1.54) is 38.5 Å². The first-order valence-corrected chi connectivity index (χ1v) is 6.24. The predicted molar refractivity (Wildman–Crippen MR) is 63.1 cm³/mol. The summed E-state index contributed by atoms with van der Waals surface area (Å²) >= 11 is 0. The molecule has 0 bridgehead atoms. The van der Waals surface area contributed by atoms with Gasteiger partial charge in [0, 0.05) is 19.6 Å².